The number of ether oxygens (including phenoxy) is 1. The molecule has 1 atom stereocenters. The number of fused-ring (bicyclic) bond motifs is 1. The first-order chi connectivity index (χ1) is 18.4. The fourth-order valence-electron chi connectivity index (χ4n) is 4.50. The van der Waals surface area contributed by atoms with Gasteiger partial charge in [0.05, 0.1) is 24.5 Å². The summed E-state index contributed by atoms with van der Waals surface area (Å²) in [6.45, 7) is 6.60. The number of aryl methyl sites for hydroxylation is 1. The molecular formula is C27H32N6O3S2. The highest BCUT2D eigenvalue weighted by Crippen LogP contribution is 2.37. The van der Waals surface area contributed by atoms with Gasteiger partial charge in [0.15, 0.2) is 11.0 Å². The Morgan fingerprint density at radius 3 is 2.61 bits per heavy atom. The second-order valence-corrected chi connectivity index (χ2v) is 11.4. The zero-order chi connectivity index (χ0) is 27.2. The number of nitrogens with one attached hydrogen (secondary N) is 2. The van der Waals surface area contributed by atoms with Crippen molar-refractivity contribution in [1.29, 1.82) is 5.26 Å². The van der Waals surface area contributed by atoms with Gasteiger partial charge in [0.1, 0.15) is 16.8 Å². The Morgan fingerprint density at radius 2 is 1.95 bits per heavy atom. The van der Waals surface area contributed by atoms with Crippen LogP contribution >= 0.6 is 23.1 Å². The lowest BCUT2D eigenvalue weighted by atomic mass is 9.96. The lowest BCUT2D eigenvalue weighted by Gasteiger charge is -2.22. The number of nitrogens with zero attached hydrogens (tertiary/aromatic N) is 4. The first-order valence-corrected chi connectivity index (χ1v) is 14.5. The van der Waals surface area contributed by atoms with Crippen molar-refractivity contribution in [1.82, 2.24) is 20.1 Å². The topological polar surface area (TPSA) is 122 Å². The molecule has 0 bridgehead atoms. The van der Waals surface area contributed by atoms with Crippen molar-refractivity contribution in [2.75, 3.05) is 18.2 Å². The van der Waals surface area contributed by atoms with Crippen LogP contribution in [0.15, 0.2) is 29.4 Å². The molecule has 38 heavy (non-hydrogen) atoms. The molecule has 2 N–H and O–H groups in total. The standard InChI is InChI=1S/C27H32N6O3S2/c1-5-33-24(23(16(2)3)30-25(35)17-10-12-18(36-4)13-11-17)31-32-27(33)37-15-22(34)29-26-20(14-28)19-8-6-7-9-21(19)38-26/h10-13,16,23H,5-9,15H2,1-4H3,(H,29,34)(H,30,35). The monoisotopic (exact) mass is 552 g/mol. The highest BCUT2D eigenvalue weighted by atomic mass is 32.2. The maximum atomic E-state index is 13.0. The van der Waals surface area contributed by atoms with E-state index >= 15 is 0 Å². The van der Waals surface area contributed by atoms with Gasteiger partial charge in [-0.1, -0.05) is 25.6 Å². The molecule has 0 saturated heterocycles. The van der Waals surface area contributed by atoms with E-state index in [0.717, 1.165) is 31.2 Å². The molecule has 11 heteroatoms. The number of amides is 2. The van der Waals surface area contributed by atoms with Crippen LogP contribution in [0.25, 0.3) is 0 Å². The van der Waals surface area contributed by atoms with E-state index in [1.54, 1.807) is 31.4 Å². The fourth-order valence-corrected chi connectivity index (χ4v) is 6.56. The lowest BCUT2D eigenvalue weighted by molar-refractivity contribution is -0.113. The molecule has 0 spiro atoms. The Labute approximate surface area is 231 Å². The number of carbonyl (C=O) groups excluding carboxylic acids is 2. The van der Waals surface area contributed by atoms with E-state index in [9.17, 15) is 14.9 Å². The average molecular weight is 553 g/mol. The summed E-state index contributed by atoms with van der Waals surface area (Å²) in [4.78, 5) is 27.0. The number of thiophene rings is 1. The van der Waals surface area contributed by atoms with Gasteiger partial charge >= 0.3 is 0 Å². The summed E-state index contributed by atoms with van der Waals surface area (Å²) in [5, 5.41) is 25.7. The highest BCUT2D eigenvalue weighted by molar-refractivity contribution is 7.99. The van der Waals surface area contributed by atoms with Crippen LogP contribution < -0.4 is 15.4 Å². The molecule has 1 aliphatic carbocycles. The molecule has 2 amide bonds. The number of hydrogen-bond donors (Lipinski definition) is 2. The number of benzene rings is 1. The summed E-state index contributed by atoms with van der Waals surface area (Å²) >= 11 is 2.81. The number of hydrogen-bond acceptors (Lipinski definition) is 8. The molecule has 0 radical (unpaired) electrons. The van der Waals surface area contributed by atoms with E-state index in [0.29, 0.717) is 39.4 Å². The second kappa shape index (κ2) is 12.5. The van der Waals surface area contributed by atoms with Gasteiger partial charge in [0.25, 0.3) is 5.91 Å². The summed E-state index contributed by atoms with van der Waals surface area (Å²) in [7, 11) is 1.58. The molecule has 2 heterocycles. The molecule has 0 aliphatic heterocycles. The number of nitriles is 1. The van der Waals surface area contributed by atoms with Crippen LogP contribution in [0.2, 0.25) is 0 Å². The van der Waals surface area contributed by atoms with E-state index < -0.39 is 0 Å². The first kappa shape index (κ1) is 27.7. The Balaban J connectivity index is 1.44. The zero-order valence-electron chi connectivity index (χ0n) is 22.0. The van der Waals surface area contributed by atoms with Crippen LogP contribution in [0, 0.1) is 17.2 Å². The minimum absolute atomic E-state index is 0.0575. The fraction of sp³-hybridized carbons (Fsp3) is 0.444. The molecule has 1 unspecified atom stereocenters. The Kier molecular flexibility index (Phi) is 9.07. The Bertz CT molecular complexity index is 1340. The van der Waals surface area contributed by atoms with Gasteiger partial charge < -0.3 is 19.9 Å². The minimum atomic E-state index is -0.365. The number of anilines is 1. The van der Waals surface area contributed by atoms with Crippen molar-refractivity contribution < 1.29 is 14.3 Å². The largest absolute Gasteiger partial charge is 0.497 e. The highest BCUT2D eigenvalue weighted by Gasteiger charge is 2.27. The third-order valence-corrected chi connectivity index (χ3v) is 8.69. The summed E-state index contributed by atoms with van der Waals surface area (Å²) < 4.78 is 7.11. The molecule has 9 nitrogen and oxygen atoms in total. The van der Waals surface area contributed by atoms with Gasteiger partial charge in [-0.2, -0.15) is 5.26 Å². The molecule has 1 aromatic carbocycles. The van der Waals surface area contributed by atoms with Crippen LogP contribution in [0.3, 0.4) is 0 Å². The molecular weight excluding hydrogens is 520 g/mol. The number of thioether (sulfide) groups is 1. The van der Waals surface area contributed by atoms with Crippen LogP contribution in [0.5, 0.6) is 5.75 Å². The zero-order valence-corrected chi connectivity index (χ0v) is 23.7. The van der Waals surface area contributed by atoms with Crippen molar-refractivity contribution in [3.8, 4) is 11.8 Å². The van der Waals surface area contributed by atoms with Crippen LogP contribution in [0.1, 0.15) is 71.8 Å². The number of carbonyl (C=O) groups is 2. The molecule has 0 fully saturated rings. The van der Waals surface area contributed by atoms with Gasteiger partial charge in [0, 0.05) is 17.0 Å². The third kappa shape index (κ3) is 6.03. The van der Waals surface area contributed by atoms with Crippen LogP contribution in [0.4, 0.5) is 5.00 Å². The lowest BCUT2D eigenvalue weighted by Crippen LogP contribution is -2.33. The summed E-state index contributed by atoms with van der Waals surface area (Å²) in [5.41, 5.74) is 2.23. The van der Waals surface area contributed by atoms with Crippen LogP contribution in [-0.4, -0.2) is 39.4 Å². The smallest absolute Gasteiger partial charge is 0.251 e. The molecule has 200 valence electrons. The first-order valence-electron chi connectivity index (χ1n) is 12.7. The van der Waals surface area contributed by atoms with Crippen molar-refractivity contribution in [2.24, 2.45) is 5.92 Å². The van der Waals surface area contributed by atoms with E-state index in [2.05, 4.69) is 26.9 Å². The van der Waals surface area contributed by atoms with E-state index in [4.69, 9.17) is 4.74 Å². The van der Waals surface area contributed by atoms with Crippen LogP contribution in [-0.2, 0) is 24.2 Å². The Morgan fingerprint density at radius 1 is 1.21 bits per heavy atom. The van der Waals surface area contributed by atoms with Gasteiger partial charge in [-0.15, -0.1) is 21.5 Å². The molecule has 3 aromatic rings. The van der Waals surface area contributed by atoms with Crippen molar-refractivity contribution in [3.63, 3.8) is 0 Å². The summed E-state index contributed by atoms with van der Waals surface area (Å²) in [5.74, 6) is 1.12. The van der Waals surface area contributed by atoms with Crippen molar-refractivity contribution >= 4 is 39.9 Å². The predicted octanol–water partition coefficient (Wildman–Crippen LogP) is 4.98. The van der Waals surface area contributed by atoms with Gasteiger partial charge in [-0.3, -0.25) is 9.59 Å². The quantitative estimate of drug-likeness (QED) is 0.340. The van der Waals surface area contributed by atoms with Crippen molar-refractivity contribution in [2.45, 2.75) is 64.2 Å². The number of methoxy groups -OCH3 is 1. The summed E-state index contributed by atoms with van der Waals surface area (Å²) in [6, 6.07) is 8.85. The predicted molar refractivity (Wildman–Crippen MR) is 149 cm³/mol. The normalized spacial score (nSPS) is 13.5. The summed E-state index contributed by atoms with van der Waals surface area (Å²) in [6.07, 6.45) is 4.06. The molecule has 4 rings (SSSR count). The van der Waals surface area contributed by atoms with Gasteiger partial charge in [-0.25, -0.2) is 0 Å². The van der Waals surface area contributed by atoms with E-state index in [1.165, 1.54) is 28.0 Å². The SMILES string of the molecule is CCn1c(SCC(=O)Nc2sc3c(c2C#N)CCCC3)nnc1C(NC(=O)c1ccc(OC)cc1)C(C)C. The van der Waals surface area contributed by atoms with E-state index in [1.807, 2.05) is 25.3 Å². The van der Waals surface area contributed by atoms with Gasteiger partial charge in [-0.05, 0) is 68.4 Å². The van der Waals surface area contributed by atoms with E-state index in [-0.39, 0.29) is 29.5 Å². The molecule has 0 saturated carbocycles. The molecule has 2 aromatic heterocycles. The third-order valence-electron chi connectivity index (χ3n) is 6.51. The maximum absolute atomic E-state index is 13.0. The Hall–Kier alpha value is -3.36. The minimum Gasteiger partial charge on any atom is -0.497 e. The second-order valence-electron chi connectivity index (χ2n) is 9.37. The maximum Gasteiger partial charge on any atom is 0.251 e. The average Bonchev–Trinajstić information content (AvgIpc) is 3.50. The number of aromatic nitrogens is 3. The van der Waals surface area contributed by atoms with Crippen molar-refractivity contribution in [3.05, 3.63) is 51.7 Å². The molecule has 1 aliphatic rings. The van der Waals surface area contributed by atoms with Gasteiger partial charge in [0.2, 0.25) is 5.91 Å². The number of rotatable bonds is 10.